The molecule has 0 aliphatic carbocycles. The number of nitrogens with zero attached hydrogens (tertiary/aromatic N) is 1. The fraction of sp³-hybridized carbons (Fsp3) is 0. The third-order valence-corrected chi connectivity index (χ3v) is 4.40. The van der Waals surface area contributed by atoms with E-state index in [0.29, 0.717) is 15.9 Å². The van der Waals surface area contributed by atoms with Gasteiger partial charge in [-0.3, -0.25) is 5.10 Å². The minimum Gasteiger partial charge on any atom is -0.382 e. The lowest BCUT2D eigenvalue weighted by Gasteiger charge is -2.04. The molecule has 0 bridgehead atoms. The van der Waals surface area contributed by atoms with Crippen molar-refractivity contribution in [2.75, 3.05) is 5.73 Å². The summed E-state index contributed by atoms with van der Waals surface area (Å²) in [5, 5.41) is 10.1. The monoisotopic (exact) mass is 309 g/mol. The van der Waals surface area contributed by atoms with Crippen molar-refractivity contribution >= 4 is 40.4 Å². The fourth-order valence-electron chi connectivity index (χ4n) is 1.89. The average molecular weight is 310 g/mol. The van der Waals surface area contributed by atoms with Crippen LogP contribution in [0, 0.1) is 0 Å². The summed E-state index contributed by atoms with van der Waals surface area (Å²) in [6.07, 6.45) is 0. The number of nitrogens with one attached hydrogen (secondary N) is 1. The van der Waals surface area contributed by atoms with Gasteiger partial charge in [0.1, 0.15) is 0 Å². The number of nitrogens with two attached hydrogens (primary N) is 1. The molecule has 1 aromatic carbocycles. The molecule has 0 saturated heterocycles. The van der Waals surface area contributed by atoms with E-state index >= 15 is 0 Å². The standard InChI is InChI=1S/C13H9Cl2N3S/c14-8-4-3-7(6-9(8)15)12-11(13(16)18-17-12)10-2-1-5-19-10/h1-6H,(H3,16,17,18). The predicted octanol–water partition coefficient (Wildman–Crippen LogP) is 4.69. The molecule has 6 heteroatoms. The van der Waals surface area contributed by atoms with Crippen LogP contribution < -0.4 is 5.73 Å². The van der Waals surface area contributed by atoms with Gasteiger partial charge in [-0.1, -0.05) is 35.3 Å². The molecular weight excluding hydrogens is 301 g/mol. The van der Waals surface area contributed by atoms with Crippen molar-refractivity contribution < 1.29 is 0 Å². The van der Waals surface area contributed by atoms with E-state index in [4.69, 9.17) is 28.9 Å². The first-order chi connectivity index (χ1) is 9.16. The van der Waals surface area contributed by atoms with Gasteiger partial charge < -0.3 is 5.73 Å². The fourth-order valence-corrected chi connectivity index (χ4v) is 2.97. The van der Waals surface area contributed by atoms with Gasteiger partial charge in [-0.25, -0.2) is 0 Å². The lowest BCUT2D eigenvalue weighted by atomic mass is 10.1. The maximum atomic E-state index is 6.05. The molecule has 0 amide bonds. The summed E-state index contributed by atoms with van der Waals surface area (Å²) >= 11 is 13.6. The summed E-state index contributed by atoms with van der Waals surface area (Å²) in [4.78, 5) is 1.06. The molecule has 0 aliphatic rings. The summed E-state index contributed by atoms with van der Waals surface area (Å²) in [5.41, 5.74) is 8.59. The van der Waals surface area contributed by atoms with Crippen LogP contribution in [-0.2, 0) is 0 Å². The lowest BCUT2D eigenvalue weighted by molar-refractivity contribution is 1.10. The number of nitrogen functional groups attached to an aromatic ring is 1. The molecule has 3 N–H and O–H groups in total. The minimum absolute atomic E-state index is 0.475. The van der Waals surface area contributed by atoms with Crippen LogP contribution in [0.3, 0.4) is 0 Å². The highest BCUT2D eigenvalue weighted by atomic mass is 35.5. The van der Waals surface area contributed by atoms with E-state index in [0.717, 1.165) is 21.7 Å². The van der Waals surface area contributed by atoms with Crippen molar-refractivity contribution in [3.63, 3.8) is 0 Å². The second kappa shape index (κ2) is 4.89. The Hall–Kier alpha value is -1.49. The van der Waals surface area contributed by atoms with Crippen LogP contribution in [0.15, 0.2) is 35.7 Å². The Bertz CT molecular complexity index is 720. The van der Waals surface area contributed by atoms with Crippen LogP contribution in [0.5, 0.6) is 0 Å². The summed E-state index contributed by atoms with van der Waals surface area (Å²) in [5.74, 6) is 0.475. The lowest BCUT2D eigenvalue weighted by Crippen LogP contribution is -1.87. The molecule has 0 saturated carbocycles. The highest BCUT2D eigenvalue weighted by Gasteiger charge is 2.16. The third kappa shape index (κ3) is 2.23. The number of halogens is 2. The van der Waals surface area contributed by atoms with E-state index in [9.17, 15) is 0 Å². The van der Waals surface area contributed by atoms with E-state index in [1.165, 1.54) is 0 Å². The summed E-state index contributed by atoms with van der Waals surface area (Å²) in [7, 11) is 0. The number of hydrogen-bond acceptors (Lipinski definition) is 3. The zero-order valence-electron chi connectivity index (χ0n) is 9.65. The van der Waals surface area contributed by atoms with E-state index in [-0.39, 0.29) is 0 Å². The molecule has 3 rings (SSSR count). The second-order valence-corrected chi connectivity index (χ2v) is 5.73. The van der Waals surface area contributed by atoms with Crippen LogP contribution in [0.25, 0.3) is 21.7 Å². The molecule has 3 aromatic rings. The smallest absolute Gasteiger partial charge is 0.154 e. The number of benzene rings is 1. The van der Waals surface area contributed by atoms with Crippen LogP contribution in [0.4, 0.5) is 5.82 Å². The van der Waals surface area contributed by atoms with Gasteiger partial charge in [0.05, 0.1) is 21.3 Å². The van der Waals surface area contributed by atoms with Crippen LogP contribution in [-0.4, -0.2) is 10.2 Å². The zero-order valence-corrected chi connectivity index (χ0v) is 12.0. The van der Waals surface area contributed by atoms with Crippen molar-refractivity contribution in [2.24, 2.45) is 0 Å². The van der Waals surface area contributed by atoms with Gasteiger partial charge in [-0.15, -0.1) is 11.3 Å². The van der Waals surface area contributed by atoms with Gasteiger partial charge in [0.2, 0.25) is 0 Å². The van der Waals surface area contributed by atoms with Crippen molar-refractivity contribution in [1.82, 2.24) is 10.2 Å². The third-order valence-electron chi connectivity index (χ3n) is 2.77. The highest BCUT2D eigenvalue weighted by Crippen LogP contribution is 2.38. The summed E-state index contributed by atoms with van der Waals surface area (Å²) in [6, 6.07) is 9.43. The van der Waals surface area contributed by atoms with Crippen molar-refractivity contribution in [3.05, 3.63) is 45.8 Å². The van der Waals surface area contributed by atoms with Crippen molar-refractivity contribution in [1.29, 1.82) is 0 Å². The van der Waals surface area contributed by atoms with Gasteiger partial charge in [-0.2, -0.15) is 5.10 Å². The van der Waals surface area contributed by atoms with E-state index < -0.39 is 0 Å². The molecule has 0 fully saturated rings. The molecule has 2 aromatic heterocycles. The number of anilines is 1. The molecule has 96 valence electrons. The zero-order chi connectivity index (χ0) is 13.4. The van der Waals surface area contributed by atoms with Crippen LogP contribution in [0.1, 0.15) is 0 Å². The number of aromatic nitrogens is 2. The van der Waals surface area contributed by atoms with E-state index in [1.807, 2.05) is 23.6 Å². The maximum Gasteiger partial charge on any atom is 0.154 e. The Kier molecular flexibility index (Phi) is 3.22. The Morgan fingerprint density at radius 2 is 2.00 bits per heavy atom. The quantitative estimate of drug-likeness (QED) is 0.721. The van der Waals surface area contributed by atoms with Gasteiger partial charge in [0, 0.05) is 10.4 Å². The molecule has 3 nitrogen and oxygen atoms in total. The predicted molar refractivity (Wildman–Crippen MR) is 81.8 cm³/mol. The molecular formula is C13H9Cl2N3S. The largest absolute Gasteiger partial charge is 0.382 e. The topological polar surface area (TPSA) is 54.7 Å². The number of rotatable bonds is 2. The summed E-state index contributed by atoms with van der Waals surface area (Å²) in [6.45, 7) is 0. The first kappa shape index (κ1) is 12.5. The first-order valence-corrected chi connectivity index (χ1v) is 7.13. The van der Waals surface area contributed by atoms with Crippen LogP contribution in [0.2, 0.25) is 10.0 Å². The second-order valence-electron chi connectivity index (χ2n) is 3.97. The Balaban J connectivity index is 2.18. The first-order valence-electron chi connectivity index (χ1n) is 5.50. The molecule has 0 aliphatic heterocycles. The van der Waals surface area contributed by atoms with E-state index in [1.54, 1.807) is 23.5 Å². The van der Waals surface area contributed by atoms with Crippen molar-refractivity contribution in [2.45, 2.75) is 0 Å². The SMILES string of the molecule is Nc1n[nH]c(-c2ccc(Cl)c(Cl)c2)c1-c1cccs1. The van der Waals surface area contributed by atoms with Gasteiger partial charge >= 0.3 is 0 Å². The number of H-pyrrole nitrogens is 1. The van der Waals surface area contributed by atoms with Crippen molar-refractivity contribution in [3.8, 4) is 21.7 Å². The normalized spacial score (nSPS) is 10.8. The molecule has 0 spiro atoms. The molecule has 0 atom stereocenters. The molecule has 2 heterocycles. The van der Waals surface area contributed by atoms with E-state index in [2.05, 4.69) is 10.2 Å². The molecule has 0 unspecified atom stereocenters. The number of aromatic amines is 1. The van der Waals surface area contributed by atoms with Crippen LogP contribution >= 0.6 is 34.5 Å². The highest BCUT2D eigenvalue weighted by molar-refractivity contribution is 7.13. The molecule has 19 heavy (non-hydrogen) atoms. The number of hydrogen-bond donors (Lipinski definition) is 2. The Labute approximate surface area is 124 Å². The minimum atomic E-state index is 0.475. The van der Waals surface area contributed by atoms with Gasteiger partial charge in [0.25, 0.3) is 0 Å². The number of thiophene rings is 1. The summed E-state index contributed by atoms with van der Waals surface area (Å²) < 4.78 is 0. The Morgan fingerprint density at radius 3 is 2.68 bits per heavy atom. The van der Waals surface area contributed by atoms with Gasteiger partial charge in [0.15, 0.2) is 5.82 Å². The molecule has 0 radical (unpaired) electrons. The maximum absolute atomic E-state index is 6.05. The Morgan fingerprint density at radius 1 is 1.16 bits per heavy atom. The average Bonchev–Trinajstić information content (AvgIpc) is 3.01. The van der Waals surface area contributed by atoms with Gasteiger partial charge in [-0.05, 0) is 23.6 Å².